The number of hydrogen-bond acceptors (Lipinski definition) is 5. The van der Waals surface area contributed by atoms with Crippen LogP contribution in [0.2, 0.25) is 0 Å². The van der Waals surface area contributed by atoms with Crippen LogP contribution < -0.4 is 14.9 Å². The van der Waals surface area contributed by atoms with Gasteiger partial charge in [0, 0.05) is 43.4 Å². The van der Waals surface area contributed by atoms with Gasteiger partial charge in [0.05, 0.1) is 19.4 Å². The summed E-state index contributed by atoms with van der Waals surface area (Å²) >= 11 is 0. The molecule has 0 radical (unpaired) electrons. The molecule has 34 heavy (non-hydrogen) atoms. The van der Waals surface area contributed by atoms with Gasteiger partial charge in [0.15, 0.2) is 16.9 Å². The molecule has 8 heteroatoms. The van der Waals surface area contributed by atoms with E-state index in [0.29, 0.717) is 43.2 Å². The number of nitrogens with zero attached hydrogens (tertiary/aromatic N) is 2. The molecule has 182 valence electrons. The van der Waals surface area contributed by atoms with Crippen molar-refractivity contribution >= 4 is 11.9 Å². The summed E-state index contributed by atoms with van der Waals surface area (Å²) in [4.78, 5) is 37.8. The normalized spacial score (nSPS) is 17.4. The molecule has 1 N–H and O–H groups in total. The number of carboxylic acid groups (broad SMARTS) is 1. The van der Waals surface area contributed by atoms with Gasteiger partial charge in [-0.15, -0.1) is 0 Å². The van der Waals surface area contributed by atoms with Crippen molar-refractivity contribution in [1.82, 2.24) is 9.47 Å². The lowest BCUT2D eigenvalue weighted by Gasteiger charge is -2.39. The second-order valence-electron chi connectivity index (χ2n) is 10.1. The number of aromatic carboxylic acids is 1. The number of likely N-dealkylation sites (tertiary alicyclic amines) is 1. The fraction of sp³-hybridized carbons (Fsp3) is 0.500. The molecule has 8 nitrogen and oxygen atoms in total. The fourth-order valence-corrected chi connectivity index (χ4v) is 4.87. The zero-order chi connectivity index (χ0) is 24.6. The van der Waals surface area contributed by atoms with Gasteiger partial charge in [0.2, 0.25) is 5.91 Å². The van der Waals surface area contributed by atoms with Crippen LogP contribution in [0.15, 0.2) is 29.2 Å². The van der Waals surface area contributed by atoms with Gasteiger partial charge in [-0.25, -0.2) is 4.79 Å². The quantitative estimate of drug-likeness (QED) is 0.622. The zero-order valence-electron chi connectivity index (χ0n) is 20.2. The maximum absolute atomic E-state index is 12.5. The molecule has 2 aliphatic rings. The van der Waals surface area contributed by atoms with E-state index in [0.717, 1.165) is 30.5 Å². The first-order chi connectivity index (χ1) is 16.1. The Morgan fingerprint density at radius 1 is 1.18 bits per heavy atom. The number of amides is 1. The number of methoxy groups -OCH3 is 1. The lowest BCUT2D eigenvalue weighted by molar-refractivity contribution is -0.127. The van der Waals surface area contributed by atoms with Gasteiger partial charge in [-0.2, -0.15) is 0 Å². The SMILES string of the molecule is COc1cc2c(cc1OCCCN1CCCC1=O)CC(C(C)(C)C)n1cc(C(=O)O)c(=O)cc1-2. The minimum absolute atomic E-state index is 0.0453. The molecule has 0 spiro atoms. The van der Waals surface area contributed by atoms with E-state index in [9.17, 15) is 19.5 Å². The third-order valence-corrected chi connectivity index (χ3v) is 6.73. The highest BCUT2D eigenvalue weighted by molar-refractivity contribution is 5.88. The van der Waals surface area contributed by atoms with Crippen LogP contribution in [-0.2, 0) is 11.2 Å². The summed E-state index contributed by atoms with van der Waals surface area (Å²) in [6.07, 6.45) is 4.41. The number of fused-ring (bicyclic) bond motifs is 3. The van der Waals surface area contributed by atoms with Crippen LogP contribution in [0.1, 0.15) is 62.0 Å². The minimum atomic E-state index is -1.23. The van der Waals surface area contributed by atoms with Crippen LogP contribution in [0.5, 0.6) is 11.5 Å². The maximum Gasteiger partial charge on any atom is 0.341 e. The van der Waals surface area contributed by atoms with Crippen molar-refractivity contribution in [3.8, 4) is 22.8 Å². The van der Waals surface area contributed by atoms with Crippen molar-refractivity contribution in [2.24, 2.45) is 5.41 Å². The van der Waals surface area contributed by atoms with Crippen LogP contribution in [0.3, 0.4) is 0 Å². The largest absolute Gasteiger partial charge is 0.493 e. The molecule has 2 aromatic rings. The van der Waals surface area contributed by atoms with Crippen LogP contribution in [0.4, 0.5) is 0 Å². The number of carbonyl (C=O) groups excluding carboxylic acids is 1. The number of benzene rings is 1. The first-order valence-electron chi connectivity index (χ1n) is 11.7. The van der Waals surface area contributed by atoms with Gasteiger partial charge in [0.1, 0.15) is 5.56 Å². The van der Waals surface area contributed by atoms with Gasteiger partial charge in [-0.3, -0.25) is 9.59 Å². The highest BCUT2D eigenvalue weighted by Crippen LogP contribution is 2.45. The number of carbonyl (C=O) groups is 2. The van der Waals surface area contributed by atoms with Crippen molar-refractivity contribution in [3.63, 3.8) is 0 Å². The van der Waals surface area contributed by atoms with Gasteiger partial charge in [0.25, 0.3) is 0 Å². The molecule has 1 saturated heterocycles. The molecule has 1 aromatic heterocycles. The van der Waals surface area contributed by atoms with Gasteiger partial charge in [-0.05, 0) is 42.4 Å². The van der Waals surface area contributed by atoms with Crippen LogP contribution in [0.25, 0.3) is 11.3 Å². The highest BCUT2D eigenvalue weighted by Gasteiger charge is 2.34. The lowest BCUT2D eigenvalue weighted by Crippen LogP contribution is -2.32. The van der Waals surface area contributed by atoms with Crippen LogP contribution in [0, 0.1) is 5.41 Å². The predicted octanol–water partition coefficient (Wildman–Crippen LogP) is 3.76. The zero-order valence-corrected chi connectivity index (χ0v) is 20.2. The van der Waals surface area contributed by atoms with Gasteiger partial charge in [-0.1, -0.05) is 20.8 Å². The number of ether oxygens (including phenoxy) is 2. The van der Waals surface area contributed by atoms with E-state index in [1.54, 1.807) is 7.11 Å². The van der Waals surface area contributed by atoms with E-state index in [4.69, 9.17) is 9.47 Å². The second kappa shape index (κ2) is 9.16. The first-order valence-corrected chi connectivity index (χ1v) is 11.7. The Morgan fingerprint density at radius 2 is 1.94 bits per heavy atom. The Labute approximate surface area is 199 Å². The third kappa shape index (κ3) is 4.54. The lowest BCUT2D eigenvalue weighted by atomic mass is 9.78. The number of rotatable bonds is 7. The Kier molecular flexibility index (Phi) is 6.43. The number of carboxylic acids is 1. The molecule has 1 unspecified atom stereocenters. The van der Waals surface area contributed by atoms with Crippen molar-refractivity contribution in [3.05, 3.63) is 45.7 Å². The average molecular weight is 469 g/mol. The molecule has 1 aromatic carbocycles. The molecule has 2 aliphatic heterocycles. The smallest absolute Gasteiger partial charge is 0.341 e. The summed E-state index contributed by atoms with van der Waals surface area (Å²) in [7, 11) is 1.57. The topological polar surface area (TPSA) is 98.1 Å². The summed E-state index contributed by atoms with van der Waals surface area (Å²) in [6.45, 7) is 8.26. The molecular weight excluding hydrogens is 436 g/mol. The predicted molar refractivity (Wildman–Crippen MR) is 128 cm³/mol. The Hall–Kier alpha value is -3.29. The number of hydrogen-bond donors (Lipinski definition) is 1. The van der Waals surface area contributed by atoms with E-state index in [1.165, 1.54) is 12.3 Å². The Bertz CT molecular complexity index is 1180. The van der Waals surface area contributed by atoms with Crippen LogP contribution >= 0.6 is 0 Å². The summed E-state index contributed by atoms with van der Waals surface area (Å²) < 4.78 is 13.6. The van der Waals surface area contributed by atoms with E-state index in [1.807, 2.05) is 21.6 Å². The third-order valence-electron chi connectivity index (χ3n) is 6.73. The second-order valence-corrected chi connectivity index (χ2v) is 10.1. The van der Waals surface area contributed by atoms with E-state index >= 15 is 0 Å². The van der Waals surface area contributed by atoms with E-state index in [-0.39, 0.29) is 22.9 Å². The van der Waals surface area contributed by atoms with Gasteiger partial charge < -0.3 is 24.0 Å². The minimum Gasteiger partial charge on any atom is -0.493 e. The molecule has 4 rings (SSSR count). The first kappa shape index (κ1) is 23.9. The van der Waals surface area contributed by atoms with Crippen molar-refractivity contribution in [1.29, 1.82) is 0 Å². The Morgan fingerprint density at radius 3 is 2.56 bits per heavy atom. The summed E-state index contributed by atoms with van der Waals surface area (Å²) in [5.41, 5.74) is 1.60. The molecule has 1 atom stereocenters. The van der Waals surface area contributed by atoms with Crippen LogP contribution in [-0.4, -0.2) is 53.3 Å². The maximum atomic E-state index is 12.5. The van der Waals surface area contributed by atoms with Crippen molar-refractivity contribution < 1.29 is 24.2 Å². The molecule has 0 aliphatic carbocycles. The highest BCUT2D eigenvalue weighted by atomic mass is 16.5. The van der Waals surface area contributed by atoms with Crippen molar-refractivity contribution in [2.75, 3.05) is 26.8 Å². The summed E-state index contributed by atoms with van der Waals surface area (Å²) in [6, 6.07) is 5.19. The molecule has 3 heterocycles. The number of aromatic nitrogens is 1. The molecule has 1 amide bonds. The molecule has 0 bridgehead atoms. The average Bonchev–Trinajstić information content (AvgIpc) is 3.18. The van der Waals surface area contributed by atoms with Gasteiger partial charge >= 0.3 is 5.97 Å². The monoisotopic (exact) mass is 468 g/mol. The summed E-state index contributed by atoms with van der Waals surface area (Å²) in [5, 5.41) is 9.49. The Balaban J connectivity index is 1.66. The number of pyridine rings is 1. The molecule has 1 fully saturated rings. The summed E-state index contributed by atoms with van der Waals surface area (Å²) in [5.74, 6) is 0.154. The van der Waals surface area contributed by atoms with E-state index in [2.05, 4.69) is 20.8 Å². The fourth-order valence-electron chi connectivity index (χ4n) is 4.87. The van der Waals surface area contributed by atoms with E-state index < -0.39 is 11.4 Å². The molecule has 0 saturated carbocycles. The van der Waals surface area contributed by atoms with Crippen molar-refractivity contribution in [2.45, 2.75) is 52.5 Å². The molecular formula is C26H32N2O6. The standard InChI is InChI=1S/C26H32N2O6/c1-26(2,3)23-12-16-11-22(34-10-6-9-27-8-5-7-24(27)30)21(33-4)13-17(16)19-14-20(29)18(25(31)32)15-28(19)23/h11,13-15,23H,5-10,12H2,1-4H3,(H,31,32).